The minimum absolute atomic E-state index is 0.0354. The summed E-state index contributed by atoms with van der Waals surface area (Å²) in [5, 5.41) is 2.93. The lowest BCUT2D eigenvalue weighted by molar-refractivity contribution is -0.133. The van der Waals surface area contributed by atoms with Gasteiger partial charge in [-0.05, 0) is 46.8 Å². The molecule has 0 fully saturated rings. The van der Waals surface area contributed by atoms with Gasteiger partial charge in [-0.3, -0.25) is 4.79 Å². The Morgan fingerprint density at radius 3 is 2.42 bits per heavy atom. The van der Waals surface area contributed by atoms with Crippen molar-refractivity contribution in [2.75, 3.05) is 26.8 Å². The first-order chi connectivity index (χ1) is 12.0. The van der Waals surface area contributed by atoms with Crippen LogP contribution in [0.5, 0.6) is 0 Å². The number of aryl methyl sites for hydroxylation is 1. The van der Waals surface area contributed by atoms with Crippen LogP contribution >= 0.6 is 0 Å². The number of rotatable bonds is 8. The van der Waals surface area contributed by atoms with E-state index in [1.807, 2.05) is 64.6 Å². The van der Waals surface area contributed by atoms with E-state index in [4.69, 9.17) is 4.74 Å². The molecule has 0 unspecified atom stereocenters. The van der Waals surface area contributed by atoms with E-state index >= 15 is 0 Å². The lowest BCUT2D eigenvalue weighted by Crippen LogP contribution is -2.53. The van der Waals surface area contributed by atoms with Crippen molar-refractivity contribution in [1.29, 1.82) is 0 Å². The van der Waals surface area contributed by atoms with Crippen molar-refractivity contribution in [3.63, 3.8) is 0 Å². The van der Waals surface area contributed by atoms with E-state index in [1.54, 1.807) is 16.9 Å². The number of carbonyl (C=O) groups excluding carboxylic acids is 2. The number of ether oxygens (including phenoxy) is 1. The molecule has 26 heavy (non-hydrogen) atoms. The molecule has 148 valence electrons. The Bertz CT molecular complexity index is 590. The van der Waals surface area contributed by atoms with Gasteiger partial charge in [-0.15, -0.1) is 0 Å². The van der Waals surface area contributed by atoms with Gasteiger partial charge in [0.15, 0.2) is 0 Å². The van der Waals surface area contributed by atoms with Gasteiger partial charge < -0.3 is 24.4 Å². The number of hydrogen-bond donors (Lipinski definition) is 1. The van der Waals surface area contributed by atoms with Crippen molar-refractivity contribution in [2.45, 2.75) is 52.7 Å². The van der Waals surface area contributed by atoms with Crippen LogP contribution in [0, 0.1) is 0 Å². The van der Waals surface area contributed by atoms with Crippen molar-refractivity contribution in [3.05, 3.63) is 24.0 Å². The monoisotopic (exact) mass is 366 g/mol. The maximum Gasteiger partial charge on any atom is 0.318 e. The van der Waals surface area contributed by atoms with Crippen LogP contribution in [0.25, 0.3) is 0 Å². The highest BCUT2D eigenvalue weighted by Crippen LogP contribution is 2.09. The molecule has 0 aliphatic rings. The molecule has 1 aromatic heterocycles. The average molecular weight is 367 g/mol. The Morgan fingerprint density at radius 2 is 1.96 bits per heavy atom. The van der Waals surface area contributed by atoms with Gasteiger partial charge >= 0.3 is 6.03 Å². The maximum atomic E-state index is 12.9. The van der Waals surface area contributed by atoms with Crippen LogP contribution in [0.15, 0.2) is 18.3 Å². The number of urea groups is 1. The SMILES string of the molecule is COCCN(Cc1cccn1C)C(=O)CN(C(=O)NC(C)(C)C)C(C)C. The van der Waals surface area contributed by atoms with Crippen molar-refractivity contribution in [1.82, 2.24) is 19.7 Å². The van der Waals surface area contributed by atoms with Crippen LogP contribution in [0.2, 0.25) is 0 Å². The molecule has 0 bridgehead atoms. The van der Waals surface area contributed by atoms with E-state index in [9.17, 15) is 9.59 Å². The fourth-order valence-electron chi connectivity index (χ4n) is 2.48. The number of nitrogens with one attached hydrogen (secondary N) is 1. The van der Waals surface area contributed by atoms with E-state index in [1.165, 1.54) is 0 Å². The van der Waals surface area contributed by atoms with E-state index < -0.39 is 0 Å². The molecule has 7 heteroatoms. The zero-order chi connectivity index (χ0) is 19.9. The third-order valence-corrected chi connectivity index (χ3v) is 3.99. The van der Waals surface area contributed by atoms with Gasteiger partial charge in [0.05, 0.1) is 13.2 Å². The molecule has 3 amide bonds. The number of nitrogens with zero attached hydrogens (tertiary/aromatic N) is 3. The first kappa shape index (κ1) is 22.0. The van der Waals surface area contributed by atoms with Gasteiger partial charge in [-0.2, -0.15) is 0 Å². The second-order valence-electron chi connectivity index (χ2n) is 7.82. The van der Waals surface area contributed by atoms with Crippen LogP contribution in [0.3, 0.4) is 0 Å². The van der Waals surface area contributed by atoms with Gasteiger partial charge in [0, 0.05) is 44.2 Å². The quantitative estimate of drug-likeness (QED) is 0.767. The molecule has 0 aromatic carbocycles. The lowest BCUT2D eigenvalue weighted by atomic mass is 10.1. The highest BCUT2D eigenvalue weighted by molar-refractivity contribution is 5.84. The van der Waals surface area contributed by atoms with E-state index in [0.717, 1.165) is 5.69 Å². The van der Waals surface area contributed by atoms with E-state index in [-0.39, 0.29) is 30.1 Å². The molecule has 0 spiro atoms. The minimum atomic E-state index is -0.355. The Morgan fingerprint density at radius 1 is 1.31 bits per heavy atom. The van der Waals surface area contributed by atoms with E-state index in [2.05, 4.69) is 5.32 Å². The number of amides is 3. The summed E-state index contributed by atoms with van der Waals surface area (Å²) in [6.07, 6.45) is 1.95. The summed E-state index contributed by atoms with van der Waals surface area (Å²) < 4.78 is 7.13. The fraction of sp³-hybridized carbons (Fsp3) is 0.684. The third-order valence-electron chi connectivity index (χ3n) is 3.99. The molecule has 1 heterocycles. The molecule has 0 radical (unpaired) electrons. The molecule has 7 nitrogen and oxygen atoms in total. The third kappa shape index (κ3) is 7.07. The van der Waals surface area contributed by atoms with Crippen LogP contribution in [0.1, 0.15) is 40.3 Å². The van der Waals surface area contributed by atoms with Crippen LogP contribution in [-0.2, 0) is 23.1 Å². The highest BCUT2D eigenvalue weighted by atomic mass is 16.5. The smallest absolute Gasteiger partial charge is 0.318 e. The van der Waals surface area contributed by atoms with Gasteiger partial charge in [0.2, 0.25) is 5.91 Å². The molecule has 0 saturated carbocycles. The molecule has 0 aliphatic heterocycles. The largest absolute Gasteiger partial charge is 0.383 e. The summed E-state index contributed by atoms with van der Waals surface area (Å²) in [5.41, 5.74) is 0.677. The summed E-state index contributed by atoms with van der Waals surface area (Å²) in [6, 6.07) is 3.62. The normalized spacial score (nSPS) is 11.5. The Hall–Kier alpha value is -2.02. The molecule has 0 aliphatic carbocycles. The Balaban J connectivity index is 2.86. The van der Waals surface area contributed by atoms with Gasteiger partial charge in [0.1, 0.15) is 6.54 Å². The van der Waals surface area contributed by atoms with E-state index in [0.29, 0.717) is 19.7 Å². The summed E-state index contributed by atoms with van der Waals surface area (Å²) in [6.45, 7) is 11.0. The van der Waals surface area contributed by atoms with Crippen molar-refractivity contribution in [2.24, 2.45) is 7.05 Å². The van der Waals surface area contributed by atoms with Crippen molar-refractivity contribution >= 4 is 11.9 Å². The zero-order valence-electron chi connectivity index (χ0n) is 17.2. The standard InChI is InChI=1S/C19H34N4O3/c1-15(2)23(18(25)20-19(3,4)5)14-17(24)22(11-12-26-7)13-16-9-8-10-21(16)6/h8-10,15H,11-14H2,1-7H3,(H,20,25). The van der Waals surface area contributed by atoms with Crippen LogP contribution in [0.4, 0.5) is 4.79 Å². The summed E-state index contributed by atoms with van der Waals surface area (Å²) in [5.74, 6) is -0.0963. The zero-order valence-corrected chi connectivity index (χ0v) is 17.2. The molecule has 1 aromatic rings. The fourth-order valence-corrected chi connectivity index (χ4v) is 2.48. The van der Waals surface area contributed by atoms with Crippen LogP contribution in [-0.4, -0.2) is 64.7 Å². The molecule has 1 N–H and O–H groups in total. The molecule has 1 rings (SSSR count). The average Bonchev–Trinajstić information content (AvgIpc) is 2.91. The number of carbonyl (C=O) groups is 2. The predicted molar refractivity (Wildman–Crippen MR) is 103 cm³/mol. The lowest BCUT2D eigenvalue weighted by Gasteiger charge is -2.32. The minimum Gasteiger partial charge on any atom is -0.383 e. The first-order valence-corrected chi connectivity index (χ1v) is 9.01. The number of aromatic nitrogens is 1. The van der Waals surface area contributed by atoms with Gasteiger partial charge in [0.25, 0.3) is 0 Å². The summed E-state index contributed by atoms with van der Waals surface area (Å²) in [4.78, 5) is 28.8. The predicted octanol–water partition coefficient (Wildman–Crippen LogP) is 2.22. The van der Waals surface area contributed by atoms with Crippen molar-refractivity contribution < 1.29 is 14.3 Å². The van der Waals surface area contributed by atoms with Gasteiger partial charge in [-0.25, -0.2) is 4.79 Å². The number of methoxy groups -OCH3 is 1. The Labute approximate surface area is 157 Å². The molecule has 0 saturated heterocycles. The molecular weight excluding hydrogens is 332 g/mol. The topological polar surface area (TPSA) is 66.8 Å². The molecular formula is C19H34N4O3. The van der Waals surface area contributed by atoms with Gasteiger partial charge in [-0.1, -0.05) is 0 Å². The van der Waals surface area contributed by atoms with Crippen LogP contribution < -0.4 is 5.32 Å². The summed E-state index contributed by atoms with van der Waals surface area (Å²) in [7, 11) is 3.56. The Kier molecular flexibility index (Phi) is 8.14. The maximum absolute atomic E-state index is 12.9. The highest BCUT2D eigenvalue weighted by Gasteiger charge is 2.26. The second-order valence-corrected chi connectivity index (χ2v) is 7.82. The second kappa shape index (κ2) is 9.62. The summed E-state index contributed by atoms with van der Waals surface area (Å²) >= 11 is 0. The first-order valence-electron chi connectivity index (χ1n) is 9.01. The van der Waals surface area contributed by atoms with Crippen molar-refractivity contribution in [3.8, 4) is 0 Å². The molecule has 0 atom stereocenters. The number of hydrogen-bond acceptors (Lipinski definition) is 3.